The van der Waals surface area contributed by atoms with Crippen LogP contribution in [-0.2, 0) is 4.79 Å². The van der Waals surface area contributed by atoms with Crippen molar-refractivity contribution in [2.75, 3.05) is 18.8 Å². The molecule has 1 amide bonds. The minimum absolute atomic E-state index is 0.136. The minimum atomic E-state index is -0.136. The third kappa shape index (κ3) is 3.38. The largest absolute Gasteiger partial charge is 0.341 e. The van der Waals surface area contributed by atoms with E-state index in [1.54, 1.807) is 0 Å². The summed E-state index contributed by atoms with van der Waals surface area (Å²) in [5.41, 5.74) is 1.24. The van der Waals surface area contributed by atoms with E-state index in [0.29, 0.717) is 0 Å². The molecule has 0 bridgehead atoms. The maximum absolute atomic E-state index is 12.4. The number of benzene rings is 1. The van der Waals surface area contributed by atoms with E-state index in [4.69, 9.17) is 11.6 Å². The molecule has 5 heteroatoms. The molecule has 1 N–H and O–H groups in total. The van der Waals surface area contributed by atoms with Gasteiger partial charge >= 0.3 is 0 Å². The first-order valence-corrected chi connectivity index (χ1v) is 8.98. The number of carbonyl (C=O) groups is 1. The normalized spacial score (nSPS) is 23.0. The highest BCUT2D eigenvalue weighted by atomic mass is 35.5. The van der Waals surface area contributed by atoms with Gasteiger partial charge in [0.2, 0.25) is 5.91 Å². The second-order valence-corrected chi connectivity index (χ2v) is 7.37. The number of nitrogens with zero attached hydrogens (tertiary/aromatic N) is 1. The van der Waals surface area contributed by atoms with Crippen molar-refractivity contribution in [3.05, 3.63) is 28.8 Å². The Hall–Kier alpha value is -0.710. The molecule has 2 aliphatic rings. The first-order chi connectivity index (χ1) is 10.1. The van der Waals surface area contributed by atoms with Crippen molar-refractivity contribution < 1.29 is 4.79 Å². The molecule has 2 unspecified atom stereocenters. The highest BCUT2D eigenvalue weighted by molar-refractivity contribution is 7.99. The van der Waals surface area contributed by atoms with Crippen molar-refractivity contribution in [2.45, 2.75) is 43.2 Å². The van der Waals surface area contributed by atoms with E-state index >= 15 is 0 Å². The van der Waals surface area contributed by atoms with E-state index in [9.17, 15) is 4.79 Å². The van der Waals surface area contributed by atoms with Crippen LogP contribution in [0.5, 0.6) is 0 Å². The zero-order valence-electron chi connectivity index (χ0n) is 12.3. The highest BCUT2D eigenvalue weighted by Gasteiger charge is 2.28. The Bertz CT molecular complexity index is 531. The van der Waals surface area contributed by atoms with Crippen LogP contribution in [0, 0.1) is 0 Å². The van der Waals surface area contributed by atoms with Crippen molar-refractivity contribution in [2.24, 2.45) is 0 Å². The van der Waals surface area contributed by atoms with Crippen molar-refractivity contribution in [1.29, 1.82) is 0 Å². The molecule has 0 aliphatic carbocycles. The molecule has 2 atom stereocenters. The molecule has 0 spiro atoms. The van der Waals surface area contributed by atoms with E-state index in [2.05, 4.69) is 11.4 Å². The zero-order chi connectivity index (χ0) is 14.8. The van der Waals surface area contributed by atoms with Crippen molar-refractivity contribution in [3.63, 3.8) is 0 Å². The van der Waals surface area contributed by atoms with Gasteiger partial charge in [0, 0.05) is 29.0 Å². The lowest BCUT2D eigenvalue weighted by molar-refractivity contribution is -0.132. The maximum atomic E-state index is 12.4. The number of likely N-dealkylation sites (tertiary alicyclic amines) is 1. The summed E-state index contributed by atoms with van der Waals surface area (Å²) >= 11 is 8.00. The summed E-state index contributed by atoms with van der Waals surface area (Å²) in [5.74, 6) is 1.31. The standard InChI is InChI=1S/C16H21ClN2OS/c1-11(16(20)19-7-2-3-8-19)18-14-6-9-21-15-5-4-12(17)10-13(14)15/h4-5,10-11,14,18H,2-3,6-9H2,1H3. The summed E-state index contributed by atoms with van der Waals surface area (Å²) < 4.78 is 0. The Kier molecular flexibility index (Phi) is 4.77. The SMILES string of the molecule is CC(NC1CCSc2ccc(Cl)cc21)C(=O)N1CCCC1. The van der Waals surface area contributed by atoms with Gasteiger partial charge in [-0.15, -0.1) is 11.8 Å². The first-order valence-electron chi connectivity index (χ1n) is 7.62. The molecule has 0 radical (unpaired) electrons. The molecule has 114 valence electrons. The van der Waals surface area contributed by atoms with Crippen LogP contribution in [0.15, 0.2) is 23.1 Å². The fourth-order valence-corrected chi connectivity index (χ4v) is 4.41. The highest BCUT2D eigenvalue weighted by Crippen LogP contribution is 2.37. The lowest BCUT2D eigenvalue weighted by Crippen LogP contribution is -2.45. The van der Waals surface area contributed by atoms with Crippen LogP contribution in [0.25, 0.3) is 0 Å². The molecule has 0 saturated carbocycles. The Morgan fingerprint density at radius 2 is 2.19 bits per heavy atom. The molecule has 2 heterocycles. The van der Waals surface area contributed by atoms with Crippen LogP contribution in [-0.4, -0.2) is 35.7 Å². The molecule has 1 aromatic carbocycles. The number of hydrogen-bond donors (Lipinski definition) is 1. The van der Waals surface area contributed by atoms with E-state index < -0.39 is 0 Å². The van der Waals surface area contributed by atoms with Gasteiger partial charge in [0.1, 0.15) is 0 Å². The molecule has 1 aromatic rings. The van der Waals surface area contributed by atoms with Gasteiger partial charge in [-0.25, -0.2) is 0 Å². The van der Waals surface area contributed by atoms with Gasteiger partial charge in [-0.3, -0.25) is 10.1 Å². The van der Waals surface area contributed by atoms with E-state index in [1.165, 1.54) is 10.5 Å². The number of rotatable bonds is 3. The molecule has 3 nitrogen and oxygen atoms in total. The average Bonchev–Trinajstić information content (AvgIpc) is 3.01. The summed E-state index contributed by atoms with van der Waals surface area (Å²) in [6.07, 6.45) is 3.31. The molecular formula is C16H21ClN2OS. The molecular weight excluding hydrogens is 304 g/mol. The van der Waals surface area contributed by atoms with E-state index in [1.807, 2.05) is 35.7 Å². The van der Waals surface area contributed by atoms with Gasteiger partial charge in [-0.2, -0.15) is 0 Å². The number of hydrogen-bond acceptors (Lipinski definition) is 3. The fourth-order valence-electron chi connectivity index (χ4n) is 3.12. The number of carbonyl (C=O) groups excluding carboxylic acids is 1. The number of nitrogens with one attached hydrogen (secondary N) is 1. The topological polar surface area (TPSA) is 32.3 Å². The van der Waals surface area contributed by atoms with Crippen LogP contribution < -0.4 is 5.32 Å². The zero-order valence-corrected chi connectivity index (χ0v) is 13.8. The second kappa shape index (κ2) is 6.59. The van der Waals surface area contributed by atoms with Crippen LogP contribution in [0.1, 0.15) is 37.8 Å². The number of halogens is 1. The third-order valence-corrected chi connectivity index (χ3v) is 5.61. The van der Waals surface area contributed by atoms with Crippen molar-refractivity contribution in [3.8, 4) is 0 Å². The molecule has 1 fully saturated rings. The summed E-state index contributed by atoms with van der Waals surface area (Å²) in [6.45, 7) is 3.80. The fraction of sp³-hybridized carbons (Fsp3) is 0.562. The first kappa shape index (κ1) is 15.2. The number of thioether (sulfide) groups is 1. The third-order valence-electron chi connectivity index (χ3n) is 4.25. The number of amides is 1. The van der Waals surface area contributed by atoms with Crippen LogP contribution in [0.3, 0.4) is 0 Å². The monoisotopic (exact) mass is 324 g/mol. The molecule has 3 rings (SSSR count). The summed E-state index contributed by atoms with van der Waals surface area (Å²) in [7, 11) is 0. The second-order valence-electron chi connectivity index (χ2n) is 5.79. The van der Waals surface area contributed by atoms with Crippen LogP contribution in [0.2, 0.25) is 5.02 Å². The smallest absolute Gasteiger partial charge is 0.239 e. The van der Waals surface area contributed by atoms with Gasteiger partial charge < -0.3 is 4.90 Å². The van der Waals surface area contributed by atoms with Gasteiger partial charge in [0.15, 0.2) is 0 Å². The summed E-state index contributed by atoms with van der Waals surface area (Å²) in [4.78, 5) is 15.7. The Morgan fingerprint density at radius 3 is 2.95 bits per heavy atom. The molecule has 21 heavy (non-hydrogen) atoms. The van der Waals surface area contributed by atoms with Gasteiger partial charge in [-0.05, 0) is 55.7 Å². The average molecular weight is 325 g/mol. The molecule has 0 aromatic heterocycles. The van der Waals surface area contributed by atoms with Crippen LogP contribution in [0.4, 0.5) is 0 Å². The minimum Gasteiger partial charge on any atom is -0.341 e. The Labute approximate surface area is 135 Å². The van der Waals surface area contributed by atoms with Crippen molar-refractivity contribution in [1.82, 2.24) is 10.2 Å². The van der Waals surface area contributed by atoms with Gasteiger partial charge in [0.25, 0.3) is 0 Å². The molecule has 2 aliphatic heterocycles. The van der Waals surface area contributed by atoms with Gasteiger partial charge in [-0.1, -0.05) is 11.6 Å². The maximum Gasteiger partial charge on any atom is 0.239 e. The van der Waals surface area contributed by atoms with E-state index in [0.717, 1.165) is 43.1 Å². The predicted octanol–water partition coefficient (Wildman–Crippen LogP) is 3.48. The lowest BCUT2D eigenvalue weighted by atomic mass is 10.0. The Balaban J connectivity index is 1.71. The Morgan fingerprint density at radius 1 is 1.43 bits per heavy atom. The van der Waals surface area contributed by atoms with Crippen molar-refractivity contribution >= 4 is 29.3 Å². The van der Waals surface area contributed by atoms with E-state index in [-0.39, 0.29) is 18.0 Å². The number of fused-ring (bicyclic) bond motifs is 1. The summed E-state index contributed by atoms with van der Waals surface area (Å²) in [5, 5.41) is 4.28. The quantitative estimate of drug-likeness (QED) is 0.924. The van der Waals surface area contributed by atoms with Crippen LogP contribution >= 0.6 is 23.4 Å². The lowest BCUT2D eigenvalue weighted by Gasteiger charge is -2.30. The predicted molar refractivity (Wildman–Crippen MR) is 87.9 cm³/mol. The molecule has 1 saturated heterocycles. The summed E-state index contributed by atoms with van der Waals surface area (Å²) in [6, 6.07) is 6.15. The van der Waals surface area contributed by atoms with Gasteiger partial charge in [0.05, 0.1) is 6.04 Å².